The van der Waals surface area contributed by atoms with Gasteiger partial charge in [0.25, 0.3) is 0 Å². The minimum absolute atomic E-state index is 0.161. The molecular weight excluding hydrogens is 358 g/mol. The number of benzene rings is 4. The van der Waals surface area contributed by atoms with Crippen LogP contribution in [0, 0.1) is 0 Å². The van der Waals surface area contributed by atoms with Crippen molar-refractivity contribution in [1.82, 2.24) is 0 Å². The highest BCUT2D eigenvalue weighted by Gasteiger charge is 2.03. The fourth-order valence-corrected chi connectivity index (χ4v) is 3.10. The molecule has 3 heteroatoms. The molecule has 0 aliphatic heterocycles. The largest absolute Gasteiger partial charge is 0.489 e. The van der Waals surface area contributed by atoms with Crippen LogP contribution in [0.4, 0.5) is 5.69 Å². The summed E-state index contributed by atoms with van der Waals surface area (Å²) < 4.78 is 5.79. The average molecular weight is 379 g/mol. The highest BCUT2D eigenvalue weighted by molar-refractivity contribution is 6.07. The Bertz CT molecular complexity index is 1130. The zero-order chi connectivity index (χ0) is 19.9. The van der Waals surface area contributed by atoms with Crippen LogP contribution in [0.1, 0.15) is 11.1 Å². The van der Waals surface area contributed by atoms with E-state index in [1.54, 1.807) is 12.2 Å². The van der Waals surface area contributed by atoms with Crippen LogP contribution in [0.25, 0.3) is 16.8 Å². The monoisotopic (exact) mass is 379 g/mol. The molecule has 4 rings (SSSR count). The molecule has 0 saturated heterocycles. The summed E-state index contributed by atoms with van der Waals surface area (Å²) in [5.74, 6) is 0.636. The number of ether oxygens (including phenoxy) is 1. The van der Waals surface area contributed by atoms with Crippen LogP contribution in [-0.2, 0) is 11.4 Å². The molecule has 4 aromatic carbocycles. The van der Waals surface area contributed by atoms with Gasteiger partial charge in [-0.05, 0) is 40.8 Å². The molecule has 3 nitrogen and oxygen atoms in total. The Labute approximate surface area is 170 Å². The molecule has 4 aromatic rings. The number of nitrogens with one attached hydrogen (secondary N) is 1. The molecule has 0 unspecified atom stereocenters. The second-order valence-corrected chi connectivity index (χ2v) is 6.69. The Hall–Kier alpha value is -3.85. The summed E-state index contributed by atoms with van der Waals surface area (Å²) in [6, 6.07) is 31.6. The maximum Gasteiger partial charge on any atom is 0.248 e. The van der Waals surface area contributed by atoms with Crippen LogP contribution in [-0.4, -0.2) is 5.91 Å². The van der Waals surface area contributed by atoms with Gasteiger partial charge in [-0.25, -0.2) is 0 Å². The van der Waals surface area contributed by atoms with Gasteiger partial charge in [-0.2, -0.15) is 0 Å². The maximum absolute atomic E-state index is 12.3. The van der Waals surface area contributed by atoms with Gasteiger partial charge >= 0.3 is 0 Å². The fraction of sp³-hybridized carbons (Fsp3) is 0.0385. The molecule has 1 N–H and O–H groups in total. The van der Waals surface area contributed by atoms with Crippen molar-refractivity contribution < 1.29 is 9.53 Å². The second kappa shape index (κ2) is 8.89. The summed E-state index contributed by atoms with van der Waals surface area (Å²) >= 11 is 0. The molecule has 29 heavy (non-hydrogen) atoms. The summed E-state index contributed by atoms with van der Waals surface area (Å²) in [4.78, 5) is 12.3. The molecule has 0 aliphatic rings. The molecular formula is C26H21NO2. The Balaban J connectivity index is 1.36. The Morgan fingerprint density at radius 3 is 2.34 bits per heavy atom. The molecule has 0 heterocycles. The van der Waals surface area contributed by atoms with Crippen molar-refractivity contribution in [2.24, 2.45) is 0 Å². The zero-order valence-electron chi connectivity index (χ0n) is 15.9. The first-order valence-corrected chi connectivity index (χ1v) is 9.51. The summed E-state index contributed by atoms with van der Waals surface area (Å²) in [5, 5.41) is 5.08. The number of carbonyl (C=O) groups is 1. The minimum Gasteiger partial charge on any atom is -0.489 e. The number of hydrogen-bond donors (Lipinski definition) is 1. The third-order valence-electron chi connectivity index (χ3n) is 4.60. The zero-order valence-corrected chi connectivity index (χ0v) is 15.9. The standard InChI is InChI=1S/C26H21NO2/c28-26(27-25-12-6-10-22-9-4-5-11-24(22)25)18-15-20-13-16-23(17-14-20)29-19-21-7-2-1-3-8-21/h1-18H,19H2,(H,27,28)/b18-15+. The number of anilines is 1. The molecule has 1 amide bonds. The molecule has 0 bridgehead atoms. The number of carbonyl (C=O) groups excluding carboxylic acids is 1. The maximum atomic E-state index is 12.3. The van der Waals surface area contributed by atoms with Crippen LogP contribution in [0.15, 0.2) is 103 Å². The summed E-state index contributed by atoms with van der Waals surface area (Å²) in [6.07, 6.45) is 3.34. The molecule has 0 fully saturated rings. The summed E-state index contributed by atoms with van der Waals surface area (Å²) in [6.45, 7) is 0.531. The number of rotatable bonds is 6. The Morgan fingerprint density at radius 2 is 1.52 bits per heavy atom. The first-order chi connectivity index (χ1) is 14.3. The van der Waals surface area contributed by atoms with Gasteiger partial charge in [0.05, 0.1) is 0 Å². The predicted molar refractivity (Wildman–Crippen MR) is 119 cm³/mol. The van der Waals surface area contributed by atoms with Crippen LogP contribution >= 0.6 is 0 Å². The van der Waals surface area contributed by atoms with Crippen molar-refractivity contribution in [2.45, 2.75) is 6.61 Å². The Morgan fingerprint density at radius 1 is 0.793 bits per heavy atom. The SMILES string of the molecule is O=C(/C=C/c1ccc(OCc2ccccc2)cc1)Nc1cccc2ccccc12. The number of amides is 1. The van der Waals surface area contributed by atoms with E-state index in [0.29, 0.717) is 6.61 Å². The quantitative estimate of drug-likeness (QED) is 0.413. The van der Waals surface area contributed by atoms with Gasteiger partial charge in [0, 0.05) is 17.1 Å². The van der Waals surface area contributed by atoms with Crippen LogP contribution in [0.3, 0.4) is 0 Å². The lowest BCUT2D eigenvalue weighted by Crippen LogP contribution is -2.07. The first-order valence-electron chi connectivity index (χ1n) is 9.51. The van der Waals surface area contributed by atoms with Gasteiger partial charge < -0.3 is 10.1 Å². The summed E-state index contributed by atoms with van der Waals surface area (Å²) in [7, 11) is 0. The summed E-state index contributed by atoms with van der Waals surface area (Å²) in [5.41, 5.74) is 2.87. The molecule has 0 aliphatic carbocycles. The minimum atomic E-state index is -0.161. The third kappa shape index (κ3) is 4.90. The van der Waals surface area contributed by atoms with Crippen molar-refractivity contribution >= 4 is 28.4 Å². The van der Waals surface area contributed by atoms with E-state index in [1.165, 1.54) is 0 Å². The molecule has 0 atom stereocenters. The molecule has 0 aromatic heterocycles. The van der Waals surface area contributed by atoms with Crippen LogP contribution < -0.4 is 10.1 Å². The smallest absolute Gasteiger partial charge is 0.248 e. The van der Waals surface area contributed by atoms with E-state index in [1.807, 2.05) is 97.1 Å². The van der Waals surface area contributed by atoms with Crippen molar-refractivity contribution in [3.8, 4) is 5.75 Å². The first kappa shape index (κ1) is 18.5. The molecule has 0 radical (unpaired) electrons. The normalized spacial score (nSPS) is 10.9. The highest BCUT2D eigenvalue weighted by Crippen LogP contribution is 2.23. The lowest BCUT2D eigenvalue weighted by molar-refractivity contribution is -0.111. The van der Waals surface area contributed by atoms with E-state index in [4.69, 9.17) is 4.74 Å². The third-order valence-corrected chi connectivity index (χ3v) is 4.60. The second-order valence-electron chi connectivity index (χ2n) is 6.69. The lowest BCUT2D eigenvalue weighted by Gasteiger charge is -2.07. The molecule has 0 saturated carbocycles. The van der Waals surface area contributed by atoms with Gasteiger partial charge in [-0.15, -0.1) is 0 Å². The van der Waals surface area contributed by atoms with E-state index in [9.17, 15) is 4.79 Å². The van der Waals surface area contributed by atoms with E-state index in [-0.39, 0.29) is 5.91 Å². The predicted octanol–water partition coefficient (Wildman–Crippen LogP) is 6.07. The number of fused-ring (bicyclic) bond motifs is 1. The Kier molecular flexibility index (Phi) is 5.68. The molecule has 0 spiro atoms. The van der Waals surface area contributed by atoms with Gasteiger partial charge in [0.15, 0.2) is 0 Å². The topological polar surface area (TPSA) is 38.3 Å². The van der Waals surface area contributed by atoms with Gasteiger partial charge in [-0.1, -0.05) is 78.9 Å². The van der Waals surface area contributed by atoms with E-state index < -0.39 is 0 Å². The highest BCUT2D eigenvalue weighted by atomic mass is 16.5. The van der Waals surface area contributed by atoms with Gasteiger partial charge in [0.1, 0.15) is 12.4 Å². The fourth-order valence-electron chi connectivity index (χ4n) is 3.10. The van der Waals surface area contributed by atoms with Gasteiger partial charge in [-0.3, -0.25) is 4.79 Å². The van der Waals surface area contributed by atoms with Crippen LogP contribution in [0.5, 0.6) is 5.75 Å². The van der Waals surface area contributed by atoms with E-state index in [2.05, 4.69) is 5.32 Å². The van der Waals surface area contributed by atoms with Crippen molar-refractivity contribution in [3.63, 3.8) is 0 Å². The van der Waals surface area contributed by atoms with E-state index in [0.717, 1.165) is 33.3 Å². The average Bonchev–Trinajstić information content (AvgIpc) is 2.78. The van der Waals surface area contributed by atoms with Crippen LogP contribution in [0.2, 0.25) is 0 Å². The van der Waals surface area contributed by atoms with Crippen molar-refractivity contribution in [2.75, 3.05) is 5.32 Å². The van der Waals surface area contributed by atoms with Crippen molar-refractivity contribution in [3.05, 3.63) is 114 Å². The molecule has 142 valence electrons. The number of hydrogen-bond acceptors (Lipinski definition) is 2. The van der Waals surface area contributed by atoms with E-state index >= 15 is 0 Å². The van der Waals surface area contributed by atoms with Gasteiger partial charge in [0.2, 0.25) is 5.91 Å². The lowest BCUT2D eigenvalue weighted by atomic mass is 10.1. The van der Waals surface area contributed by atoms with Crippen molar-refractivity contribution in [1.29, 1.82) is 0 Å².